The Bertz CT molecular complexity index is 1240. The Hall–Kier alpha value is -3.85. The minimum Gasteiger partial charge on any atom is -0.435 e. The average molecular weight is 479 g/mol. The van der Waals surface area contributed by atoms with Crippen molar-refractivity contribution in [1.82, 2.24) is 15.2 Å². The second-order valence-electron chi connectivity index (χ2n) is 7.18. The Kier molecular flexibility index (Phi) is 7.44. The van der Waals surface area contributed by atoms with Crippen LogP contribution in [0.5, 0.6) is 5.75 Å². The molecule has 0 aliphatic carbocycles. The van der Waals surface area contributed by atoms with Gasteiger partial charge in [0.15, 0.2) is 0 Å². The highest BCUT2D eigenvalue weighted by atomic mass is 32.2. The quantitative estimate of drug-likeness (QED) is 0.317. The Morgan fingerprint density at radius 2 is 1.44 bits per heavy atom. The fourth-order valence-electron chi connectivity index (χ4n) is 3.12. The molecule has 0 aliphatic heterocycles. The minimum atomic E-state index is -2.90. The Balaban J connectivity index is 1.51. The molecule has 0 radical (unpaired) electrons. The van der Waals surface area contributed by atoms with Crippen LogP contribution in [0.25, 0.3) is 22.5 Å². The number of carbonyl (C=O) groups is 1. The molecule has 0 saturated carbocycles. The third-order valence-electron chi connectivity index (χ3n) is 4.76. The van der Waals surface area contributed by atoms with Crippen molar-refractivity contribution >= 4 is 23.4 Å². The van der Waals surface area contributed by atoms with Gasteiger partial charge in [-0.2, -0.15) is 8.78 Å². The van der Waals surface area contributed by atoms with Crippen LogP contribution in [0.15, 0.2) is 90.1 Å². The molecular formula is C25H20F2N4O2S. The number of halogens is 2. The first-order chi connectivity index (χ1) is 16.5. The van der Waals surface area contributed by atoms with Crippen LogP contribution in [0.4, 0.5) is 14.5 Å². The van der Waals surface area contributed by atoms with Crippen molar-refractivity contribution in [2.45, 2.75) is 23.9 Å². The highest BCUT2D eigenvalue weighted by Crippen LogP contribution is 2.31. The minimum absolute atomic E-state index is 0.0156. The maximum absolute atomic E-state index is 12.7. The Morgan fingerprint density at radius 3 is 2.03 bits per heavy atom. The normalized spacial score (nSPS) is 11.8. The summed E-state index contributed by atoms with van der Waals surface area (Å²) < 4.78 is 28.9. The first-order valence-corrected chi connectivity index (χ1v) is 11.3. The summed E-state index contributed by atoms with van der Waals surface area (Å²) in [6, 6.07) is 25.0. The lowest BCUT2D eigenvalue weighted by Crippen LogP contribution is -2.22. The monoisotopic (exact) mass is 478 g/mol. The summed E-state index contributed by atoms with van der Waals surface area (Å²) in [5, 5.41) is 11.2. The van der Waals surface area contributed by atoms with E-state index in [2.05, 4.69) is 20.3 Å². The molecule has 1 heterocycles. The summed E-state index contributed by atoms with van der Waals surface area (Å²) in [5.74, 6) is -0.272. The van der Waals surface area contributed by atoms with E-state index in [4.69, 9.17) is 4.98 Å². The van der Waals surface area contributed by atoms with Crippen LogP contribution in [-0.2, 0) is 4.79 Å². The number of nitrogens with zero attached hydrogens (tertiary/aromatic N) is 3. The number of aromatic nitrogens is 3. The summed E-state index contributed by atoms with van der Waals surface area (Å²) in [6.07, 6.45) is 0. The zero-order valence-electron chi connectivity index (χ0n) is 18.1. The number of carbonyl (C=O) groups excluding carboxylic acids is 1. The molecule has 0 aliphatic rings. The fraction of sp³-hybridized carbons (Fsp3) is 0.120. The van der Waals surface area contributed by atoms with E-state index in [1.54, 1.807) is 6.92 Å². The van der Waals surface area contributed by atoms with Crippen molar-refractivity contribution in [3.05, 3.63) is 84.9 Å². The number of rotatable bonds is 8. The number of hydrogen-bond acceptors (Lipinski definition) is 6. The van der Waals surface area contributed by atoms with Crippen molar-refractivity contribution in [3.8, 4) is 28.3 Å². The van der Waals surface area contributed by atoms with Crippen LogP contribution >= 0.6 is 11.8 Å². The lowest BCUT2D eigenvalue weighted by Gasteiger charge is -2.13. The van der Waals surface area contributed by atoms with Gasteiger partial charge in [0.2, 0.25) is 11.1 Å². The lowest BCUT2D eigenvalue weighted by atomic mass is 10.0. The molecule has 0 spiro atoms. The summed E-state index contributed by atoms with van der Waals surface area (Å²) in [6.45, 7) is -1.18. The number of anilines is 1. The highest BCUT2D eigenvalue weighted by Gasteiger charge is 2.19. The number of ether oxygens (including phenoxy) is 1. The van der Waals surface area contributed by atoms with Gasteiger partial charge in [0, 0.05) is 16.8 Å². The van der Waals surface area contributed by atoms with Gasteiger partial charge in [-0.15, -0.1) is 10.2 Å². The van der Waals surface area contributed by atoms with E-state index in [0.29, 0.717) is 22.2 Å². The standard InChI is InChI=1S/C25H20F2N4O2S/c1-16(23(32)28-19-12-14-20(15-13-19)33-24(26)27)34-25-29-21(17-8-4-2-5-9-17)22(30-31-25)18-10-6-3-7-11-18/h2-16,24H,1H3,(H,28,32). The van der Waals surface area contributed by atoms with E-state index in [1.165, 1.54) is 36.0 Å². The van der Waals surface area contributed by atoms with Gasteiger partial charge >= 0.3 is 6.61 Å². The van der Waals surface area contributed by atoms with Gasteiger partial charge in [-0.3, -0.25) is 4.79 Å². The van der Waals surface area contributed by atoms with E-state index >= 15 is 0 Å². The van der Waals surface area contributed by atoms with Crippen molar-refractivity contribution in [3.63, 3.8) is 0 Å². The van der Waals surface area contributed by atoms with Gasteiger partial charge in [0.25, 0.3) is 0 Å². The topological polar surface area (TPSA) is 77.0 Å². The van der Waals surface area contributed by atoms with Gasteiger partial charge in [0.1, 0.15) is 17.1 Å². The highest BCUT2D eigenvalue weighted by molar-refractivity contribution is 8.00. The van der Waals surface area contributed by atoms with Crippen molar-refractivity contribution in [2.75, 3.05) is 5.32 Å². The molecular weight excluding hydrogens is 458 g/mol. The van der Waals surface area contributed by atoms with Gasteiger partial charge in [-0.1, -0.05) is 72.4 Å². The largest absolute Gasteiger partial charge is 0.435 e. The van der Waals surface area contributed by atoms with E-state index in [-0.39, 0.29) is 11.7 Å². The Labute approximate surface area is 199 Å². The SMILES string of the molecule is CC(Sc1nnc(-c2ccccc2)c(-c2ccccc2)n1)C(=O)Nc1ccc(OC(F)F)cc1. The number of hydrogen-bond donors (Lipinski definition) is 1. The number of nitrogens with one attached hydrogen (secondary N) is 1. The first kappa shape index (κ1) is 23.3. The van der Waals surface area contributed by atoms with Crippen molar-refractivity contribution in [2.24, 2.45) is 0 Å². The zero-order chi connectivity index (χ0) is 23.9. The number of thioether (sulfide) groups is 1. The third kappa shape index (κ3) is 5.93. The molecule has 1 unspecified atom stereocenters. The molecule has 3 aromatic carbocycles. The smallest absolute Gasteiger partial charge is 0.387 e. The molecule has 9 heteroatoms. The summed E-state index contributed by atoms with van der Waals surface area (Å²) in [4.78, 5) is 17.4. The zero-order valence-corrected chi connectivity index (χ0v) is 18.9. The van der Waals surface area contributed by atoms with Crippen LogP contribution in [-0.4, -0.2) is 32.9 Å². The fourth-order valence-corrected chi connectivity index (χ4v) is 3.84. The molecule has 6 nitrogen and oxygen atoms in total. The van der Waals surface area contributed by atoms with Crippen LogP contribution in [0.3, 0.4) is 0 Å². The van der Waals surface area contributed by atoms with Gasteiger partial charge in [0.05, 0.1) is 5.25 Å². The molecule has 4 aromatic rings. The van der Waals surface area contributed by atoms with Gasteiger partial charge < -0.3 is 10.1 Å². The molecule has 1 atom stereocenters. The van der Waals surface area contributed by atoms with Crippen LogP contribution in [0.1, 0.15) is 6.92 Å². The number of benzene rings is 3. The van der Waals surface area contributed by atoms with Crippen LogP contribution in [0, 0.1) is 0 Å². The molecule has 0 saturated heterocycles. The lowest BCUT2D eigenvalue weighted by molar-refractivity contribution is -0.115. The number of alkyl halides is 2. The second kappa shape index (κ2) is 10.8. The van der Waals surface area contributed by atoms with E-state index in [0.717, 1.165) is 11.1 Å². The average Bonchev–Trinajstić information content (AvgIpc) is 2.86. The third-order valence-corrected chi connectivity index (χ3v) is 5.71. The van der Waals surface area contributed by atoms with Gasteiger partial charge in [-0.05, 0) is 31.2 Å². The van der Waals surface area contributed by atoms with E-state index in [9.17, 15) is 13.6 Å². The first-order valence-electron chi connectivity index (χ1n) is 10.4. The summed E-state index contributed by atoms with van der Waals surface area (Å²) >= 11 is 1.17. The van der Waals surface area contributed by atoms with Crippen molar-refractivity contribution in [1.29, 1.82) is 0 Å². The van der Waals surface area contributed by atoms with Gasteiger partial charge in [-0.25, -0.2) is 4.98 Å². The molecule has 0 bridgehead atoms. The Morgan fingerprint density at radius 1 is 0.853 bits per heavy atom. The van der Waals surface area contributed by atoms with Crippen LogP contribution < -0.4 is 10.1 Å². The van der Waals surface area contributed by atoms with E-state index in [1.807, 2.05) is 60.7 Å². The molecule has 1 N–H and O–H groups in total. The maximum Gasteiger partial charge on any atom is 0.387 e. The molecule has 34 heavy (non-hydrogen) atoms. The molecule has 1 amide bonds. The molecule has 1 aromatic heterocycles. The van der Waals surface area contributed by atoms with Crippen LogP contribution in [0.2, 0.25) is 0 Å². The molecule has 0 fully saturated rings. The van der Waals surface area contributed by atoms with E-state index < -0.39 is 11.9 Å². The molecule has 172 valence electrons. The number of amides is 1. The maximum atomic E-state index is 12.7. The predicted octanol–water partition coefficient (Wildman–Crippen LogP) is 5.93. The summed E-state index contributed by atoms with van der Waals surface area (Å²) in [7, 11) is 0. The predicted molar refractivity (Wildman–Crippen MR) is 128 cm³/mol. The second-order valence-corrected chi connectivity index (χ2v) is 8.48. The van der Waals surface area contributed by atoms with Crippen molar-refractivity contribution < 1.29 is 18.3 Å². The summed E-state index contributed by atoms with van der Waals surface area (Å²) in [5.41, 5.74) is 3.57. The molecule has 4 rings (SSSR count).